The van der Waals surface area contributed by atoms with Crippen molar-refractivity contribution in [2.24, 2.45) is 5.41 Å². The maximum atomic E-state index is 14.4. The molecule has 7 heteroatoms. The molecule has 1 atom stereocenters. The first-order chi connectivity index (χ1) is 12.1. The van der Waals surface area contributed by atoms with Gasteiger partial charge < -0.3 is 5.11 Å². The van der Waals surface area contributed by atoms with Crippen molar-refractivity contribution in [3.05, 3.63) is 63.6 Å². The Morgan fingerprint density at radius 3 is 2.50 bits per heavy atom. The van der Waals surface area contributed by atoms with E-state index in [0.29, 0.717) is 4.88 Å². The molecule has 0 aliphatic carbocycles. The molecule has 0 saturated carbocycles. The third-order valence-electron chi connectivity index (χ3n) is 4.11. The van der Waals surface area contributed by atoms with Gasteiger partial charge in [-0.3, -0.25) is 14.5 Å². The largest absolute Gasteiger partial charge is 0.503 e. The SMILES string of the molecule is CC(C)(C)C(=O)C1=C(O)C(=O)N(c2cc(F)ccc2F)C1c1cccs1. The lowest BCUT2D eigenvalue weighted by Gasteiger charge is -2.28. The van der Waals surface area contributed by atoms with Crippen molar-refractivity contribution >= 4 is 28.7 Å². The number of amides is 1. The number of carbonyl (C=O) groups excluding carboxylic acids is 2. The summed E-state index contributed by atoms with van der Waals surface area (Å²) in [5.74, 6) is -3.64. The summed E-state index contributed by atoms with van der Waals surface area (Å²) in [4.78, 5) is 27.1. The molecule has 0 fully saturated rings. The molecule has 1 N–H and O–H groups in total. The molecule has 1 aliphatic rings. The molecule has 2 heterocycles. The number of benzene rings is 1. The number of rotatable bonds is 3. The molecule has 136 valence electrons. The molecule has 26 heavy (non-hydrogen) atoms. The summed E-state index contributed by atoms with van der Waals surface area (Å²) in [7, 11) is 0. The van der Waals surface area contributed by atoms with Crippen LogP contribution in [0.2, 0.25) is 0 Å². The highest BCUT2D eigenvalue weighted by Crippen LogP contribution is 2.45. The van der Waals surface area contributed by atoms with Crippen molar-refractivity contribution in [2.75, 3.05) is 4.90 Å². The normalized spacial score (nSPS) is 18.0. The molecule has 1 aromatic carbocycles. The van der Waals surface area contributed by atoms with Crippen molar-refractivity contribution in [2.45, 2.75) is 26.8 Å². The number of Topliss-reactive ketones (excluding diaryl/α,β-unsaturated/α-hetero) is 1. The summed E-state index contributed by atoms with van der Waals surface area (Å²) < 4.78 is 28.1. The number of carbonyl (C=O) groups is 2. The molecule has 0 bridgehead atoms. The molecule has 1 amide bonds. The van der Waals surface area contributed by atoms with Crippen molar-refractivity contribution in [1.82, 2.24) is 0 Å². The summed E-state index contributed by atoms with van der Waals surface area (Å²) in [6.07, 6.45) is 0. The van der Waals surface area contributed by atoms with E-state index in [2.05, 4.69) is 0 Å². The van der Waals surface area contributed by atoms with E-state index in [1.165, 1.54) is 11.3 Å². The van der Waals surface area contributed by atoms with Gasteiger partial charge in [0.2, 0.25) is 0 Å². The van der Waals surface area contributed by atoms with Gasteiger partial charge in [0.05, 0.1) is 11.3 Å². The molecule has 1 aliphatic heterocycles. The topological polar surface area (TPSA) is 57.6 Å². The van der Waals surface area contributed by atoms with Crippen LogP contribution in [-0.4, -0.2) is 16.8 Å². The van der Waals surface area contributed by atoms with Crippen LogP contribution >= 0.6 is 11.3 Å². The van der Waals surface area contributed by atoms with Gasteiger partial charge in [0.15, 0.2) is 11.5 Å². The van der Waals surface area contributed by atoms with Crippen molar-refractivity contribution in [3.8, 4) is 0 Å². The minimum Gasteiger partial charge on any atom is -0.503 e. The Morgan fingerprint density at radius 1 is 1.23 bits per heavy atom. The zero-order chi connectivity index (χ0) is 19.2. The second-order valence-corrected chi connectivity index (χ2v) is 8.01. The minimum absolute atomic E-state index is 0.103. The number of aliphatic hydroxyl groups excluding tert-OH is 1. The monoisotopic (exact) mass is 377 g/mol. The summed E-state index contributed by atoms with van der Waals surface area (Å²) in [6, 6.07) is 5.12. The van der Waals surface area contributed by atoms with Crippen molar-refractivity contribution < 1.29 is 23.5 Å². The maximum Gasteiger partial charge on any atom is 0.294 e. The first kappa shape index (κ1) is 18.3. The highest BCUT2D eigenvalue weighted by atomic mass is 32.1. The number of hydrogen-bond donors (Lipinski definition) is 1. The molecular formula is C19H17F2NO3S. The van der Waals surface area contributed by atoms with E-state index < -0.39 is 40.5 Å². The molecular weight excluding hydrogens is 360 g/mol. The van der Waals surface area contributed by atoms with Crippen LogP contribution in [0, 0.1) is 17.0 Å². The predicted molar refractivity (Wildman–Crippen MR) is 95.0 cm³/mol. The van der Waals surface area contributed by atoms with Gasteiger partial charge in [-0.05, 0) is 23.6 Å². The highest BCUT2D eigenvalue weighted by molar-refractivity contribution is 7.10. The van der Waals surface area contributed by atoms with E-state index in [0.717, 1.165) is 23.1 Å². The van der Waals surface area contributed by atoms with Gasteiger partial charge in [-0.2, -0.15) is 0 Å². The zero-order valence-electron chi connectivity index (χ0n) is 14.4. The van der Waals surface area contributed by atoms with E-state index >= 15 is 0 Å². The number of thiophene rings is 1. The summed E-state index contributed by atoms with van der Waals surface area (Å²) in [5.41, 5.74) is -1.29. The number of nitrogens with zero attached hydrogens (tertiary/aromatic N) is 1. The third kappa shape index (κ3) is 2.92. The Balaban J connectivity index is 2.22. The Hall–Kier alpha value is -2.54. The van der Waals surface area contributed by atoms with E-state index in [-0.39, 0.29) is 11.3 Å². The van der Waals surface area contributed by atoms with Gasteiger partial charge in [0.1, 0.15) is 17.7 Å². The molecule has 1 aromatic heterocycles. The average Bonchev–Trinajstić information content (AvgIpc) is 3.16. The number of aliphatic hydroxyl groups is 1. The molecule has 2 aromatic rings. The Morgan fingerprint density at radius 2 is 1.92 bits per heavy atom. The Kier molecular flexibility index (Phi) is 4.44. The molecule has 4 nitrogen and oxygen atoms in total. The smallest absolute Gasteiger partial charge is 0.294 e. The van der Waals surface area contributed by atoms with Crippen LogP contribution in [0.4, 0.5) is 14.5 Å². The van der Waals surface area contributed by atoms with Crippen LogP contribution in [0.25, 0.3) is 0 Å². The first-order valence-electron chi connectivity index (χ1n) is 7.93. The minimum atomic E-state index is -1.01. The van der Waals surface area contributed by atoms with Gasteiger partial charge in [-0.25, -0.2) is 8.78 Å². The summed E-state index contributed by atoms with van der Waals surface area (Å²) >= 11 is 1.26. The van der Waals surface area contributed by atoms with Crippen molar-refractivity contribution in [1.29, 1.82) is 0 Å². The van der Waals surface area contributed by atoms with Gasteiger partial charge in [0.25, 0.3) is 5.91 Å². The fraction of sp³-hybridized carbons (Fsp3) is 0.263. The standard InChI is InChI=1S/C19H17F2NO3S/c1-19(2,3)17(24)14-15(13-5-4-8-26-13)22(18(25)16(14)23)12-9-10(20)6-7-11(12)21/h4-9,15,23H,1-3H3. The molecule has 0 spiro atoms. The van der Waals surface area contributed by atoms with E-state index in [4.69, 9.17) is 0 Å². The number of halogens is 2. The van der Waals surface area contributed by atoms with Crippen LogP contribution in [-0.2, 0) is 9.59 Å². The fourth-order valence-corrected chi connectivity index (χ4v) is 3.70. The maximum absolute atomic E-state index is 14.4. The van der Waals surface area contributed by atoms with E-state index in [1.807, 2.05) is 0 Å². The van der Waals surface area contributed by atoms with E-state index in [9.17, 15) is 23.5 Å². The molecule has 0 saturated heterocycles. The fourth-order valence-electron chi connectivity index (χ4n) is 2.88. The lowest BCUT2D eigenvalue weighted by molar-refractivity contribution is -0.123. The zero-order valence-corrected chi connectivity index (χ0v) is 15.2. The van der Waals surface area contributed by atoms with Gasteiger partial charge in [-0.1, -0.05) is 26.8 Å². The average molecular weight is 377 g/mol. The molecule has 3 rings (SSSR count). The third-order valence-corrected chi connectivity index (χ3v) is 5.04. The van der Waals surface area contributed by atoms with Crippen LogP contribution in [0.3, 0.4) is 0 Å². The lowest BCUT2D eigenvalue weighted by atomic mass is 9.83. The number of ketones is 1. The van der Waals surface area contributed by atoms with Crippen molar-refractivity contribution in [3.63, 3.8) is 0 Å². The Labute approximate surface area is 153 Å². The number of hydrogen-bond acceptors (Lipinski definition) is 4. The Bertz CT molecular complexity index is 913. The molecule has 0 radical (unpaired) electrons. The number of anilines is 1. The van der Waals surface area contributed by atoms with Crippen LogP contribution in [0.5, 0.6) is 0 Å². The summed E-state index contributed by atoms with van der Waals surface area (Å²) in [5, 5.41) is 12.2. The predicted octanol–water partition coefficient (Wildman–Crippen LogP) is 4.54. The van der Waals surface area contributed by atoms with Crippen LogP contribution in [0.15, 0.2) is 47.0 Å². The lowest BCUT2D eigenvalue weighted by Crippen LogP contribution is -2.33. The second kappa shape index (κ2) is 6.32. The molecule has 1 unspecified atom stereocenters. The van der Waals surface area contributed by atoms with Crippen LogP contribution < -0.4 is 4.90 Å². The van der Waals surface area contributed by atoms with E-state index in [1.54, 1.807) is 38.3 Å². The van der Waals surface area contributed by atoms with Gasteiger partial charge in [-0.15, -0.1) is 11.3 Å². The second-order valence-electron chi connectivity index (χ2n) is 7.03. The quantitative estimate of drug-likeness (QED) is 0.854. The summed E-state index contributed by atoms with van der Waals surface area (Å²) in [6.45, 7) is 4.99. The first-order valence-corrected chi connectivity index (χ1v) is 8.81. The highest BCUT2D eigenvalue weighted by Gasteiger charge is 2.47. The van der Waals surface area contributed by atoms with Gasteiger partial charge in [0, 0.05) is 16.4 Å². The van der Waals surface area contributed by atoms with Crippen LogP contribution in [0.1, 0.15) is 31.7 Å². The van der Waals surface area contributed by atoms with Gasteiger partial charge >= 0.3 is 0 Å².